The number of aromatic nitrogens is 2. The molecule has 2 aromatic carbocycles. The molecule has 0 fully saturated rings. The van der Waals surface area contributed by atoms with Crippen molar-refractivity contribution in [3.05, 3.63) is 77.6 Å². The summed E-state index contributed by atoms with van der Waals surface area (Å²) in [6, 6.07) is 16.4. The molecular formula is C22H23N3O3. The Kier molecular flexibility index (Phi) is 6.22. The minimum Gasteiger partial charge on any atom is -0.462 e. The molecule has 0 unspecified atom stereocenters. The first-order chi connectivity index (χ1) is 13.6. The lowest BCUT2D eigenvalue weighted by molar-refractivity contribution is 0.0501. The van der Waals surface area contributed by atoms with E-state index in [0.29, 0.717) is 29.1 Å². The van der Waals surface area contributed by atoms with Gasteiger partial charge in [-0.1, -0.05) is 43.7 Å². The summed E-state index contributed by atoms with van der Waals surface area (Å²) in [4.78, 5) is 25.1. The Hall–Kier alpha value is -3.41. The molecular weight excluding hydrogens is 354 g/mol. The van der Waals surface area contributed by atoms with Crippen LogP contribution in [-0.2, 0) is 4.74 Å². The number of esters is 1. The number of carbonyl (C=O) groups excluding carboxylic acids is 2. The number of amides is 1. The van der Waals surface area contributed by atoms with Gasteiger partial charge in [0.05, 0.1) is 41.0 Å². The van der Waals surface area contributed by atoms with Crippen LogP contribution in [0, 0.1) is 6.92 Å². The van der Waals surface area contributed by atoms with Gasteiger partial charge in [0.1, 0.15) is 0 Å². The van der Waals surface area contributed by atoms with Crippen LogP contribution in [0.15, 0.2) is 60.8 Å². The van der Waals surface area contributed by atoms with Crippen LogP contribution in [0.5, 0.6) is 0 Å². The van der Waals surface area contributed by atoms with Crippen molar-refractivity contribution in [2.24, 2.45) is 0 Å². The van der Waals surface area contributed by atoms with Crippen LogP contribution < -0.4 is 5.32 Å². The summed E-state index contributed by atoms with van der Waals surface area (Å²) in [6.45, 7) is 4.22. The molecule has 0 radical (unpaired) electrons. The maximum Gasteiger partial charge on any atom is 0.340 e. The molecule has 0 aliphatic rings. The standard InChI is InChI=1S/C22H23N3O3/c1-3-4-14-28-22(27)18-12-8-9-13-20(18)24-21(26)19-15-23-25(16(19)2)17-10-6-5-7-11-17/h5-13,15H,3-4,14H2,1-2H3,(H,24,26). The molecule has 1 heterocycles. The largest absolute Gasteiger partial charge is 0.462 e. The van der Waals surface area contributed by atoms with Crippen LogP contribution in [0.3, 0.4) is 0 Å². The van der Waals surface area contributed by atoms with Gasteiger partial charge in [-0.3, -0.25) is 4.79 Å². The molecule has 28 heavy (non-hydrogen) atoms. The van der Waals surface area contributed by atoms with E-state index in [1.165, 1.54) is 6.20 Å². The molecule has 0 saturated carbocycles. The van der Waals surface area contributed by atoms with E-state index in [2.05, 4.69) is 10.4 Å². The van der Waals surface area contributed by atoms with Gasteiger partial charge in [0.25, 0.3) is 5.91 Å². The highest BCUT2D eigenvalue weighted by Crippen LogP contribution is 2.20. The maximum absolute atomic E-state index is 12.8. The zero-order valence-corrected chi connectivity index (χ0v) is 16.0. The Morgan fingerprint density at radius 2 is 1.75 bits per heavy atom. The van der Waals surface area contributed by atoms with Gasteiger partial charge in [-0.2, -0.15) is 5.10 Å². The second-order valence-electron chi connectivity index (χ2n) is 6.38. The monoisotopic (exact) mass is 377 g/mol. The van der Waals surface area contributed by atoms with Crippen LogP contribution in [0.4, 0.5) is 5.69 Å². The van der Waals surface area contributed by atoms with E-state index in [0.717, 1.165) is 18.5 Å². The van der Waals surface area contributed by atoms with Crippen molar-refractivity contribution in [2.75, 3.05) is 11.9 Å². The van der Waals surface area contributed by atoms with Gasteiger partial charge in [-0.15, -0.1) is 0 Å². The molecule has 3 aromatic rings. The quantitative estimate of drug-likeness (QED) is 0.489. The number of hydrogen-bond acceptors (Lipinski definition) is 4. The third kappa shape index (κ3) is 4.28. The van der Waals surface area contributed by atoms with E-state index in [9.17, 15) is 9.59 Å². The summed E-state index contributed by atoms with van der Waals surface area (Å²) < 4.78 is 6.98. The zero-order valence-electron chi connectivity index (χ0n) is 16.0. The zero-order chi connectivity index (χ0) is 19.9. The Morgan fingerprint density at radius 1 is 1.04 bits per heavy atom. The van der Waals surface area contributed by atoms with Gasteiger partial charge >= 0.3 is 5.97 Å². The lowest BCUT2D eigenvalue weighted by atomic mass is 10.1. The van der Waals surface area contributed by atoms with Crippen LogP contribution in [0.2, 0.25) is 0 Å². The lowest BCUT2D eigenvalue weighted by Gasteiger charge is -2.11. The summed E-state index contributed by atoms with van der Waals surface area (Å²) in [5.74, 6) is -0.769. The number of nitrogens with one attached hydrogen (secondary N) is 1. The number of carbonyl (C=O) groups is 2. The third-order valence-electron chi connectivity index (χ3n) is 4.38. The maximum atomic E-state index is 12.8. The molecule has 6 heteroatoms. The highest BCUT2D eigenvalue weighted by molar-refractivity contribution is 6.08. The van der Waals surface area contributed by atoms with Gasteiger partial charge in [0, 0.05) is 0 Å². The molecule has 0 aliphatic heterocycles. The molecule has 0 atom stereocenters. The minimum atomic E-state index is -0.443. The van der Waals surface area contributed by atoms with Gasteiger partial charge in [0.15, 0.2) is 0 Å². The molecule has 1 N–H and O–H groups in total. The number of unbranched alkanes of at least 4 members (excludes halogenated alkanes) is 1. The van der Waals surface area contributed by atoms with Crippen LogP contribution in [0.25, 0.3) is 5.69 Å². The number of anilines is 1. The van der Waals surface area contributed by atoms with Gasteiger partial charge < -0.3 is 10.1 Å². The number of nitrogens with zero attached hydrogens (tertiary/aromatic N) is 2. The highest BCUT2D eigenvalue weighted by Gasteiger charge is 2.18. The van der Waals surface area contributed by atoms with Crippen molar-refractivity contribution in [1.29, 1.82) is 0 Å². The average molecular weight is 377 g/mol. The lowest BCUT2D eigenvalue weighted by Crippen LogP contribution is -2.16. The molecule has 1 aromatic heterocycles. The Morgan fingerprint density at radius 3 is 2.50 bits per heavy atom. The smallest absolute Gasteiger partial charge is 0.340 e. The summed E-state index contributed by atoms with van der Waals surface area (Å²) in [5, 5.41) is 7.13. The Balaban J connectivity index is 1.79. The predicted molar refractivity (Wildman–Crippen MR) is 108 cm³/mol. The number of ether oxygens (including phenoxy) is 1. The third-order valence-corrected chi connectivity index (χ3v) is 4.38. The number of para-hydroxylation sites is 2. The molecule has 0 spiro atoms. The van der Waals surface area contributed by atoms with Crippen LogP contribution in [0.1, 0.15) is 46.2 Å². The summed E-state index contributed by atoms with van der Waals surface area (Å²) in [7, 11) is 0. The van der Waals surface area contributed by atoms with E-state index in [4.69, 9.17) is 4.74 Å². The molecule has 0 bridgehead atoms. The Bertz CT molecular complexity index is 964. The number of hydrogen-bond donors (Lipinski definition) is 1. The molecule has 0 saturated heterocycles. The first-order valence-electron chi connectivity index (χ1n) is 9.29. The minimum absolute atomic E-state index is 0.325. The fourth-order valence-electron chi connectivity index (χ4n) is 2.81. The summed E-state index contributed by atoms with van der Waals surface area (Å²) >= 11 is 0. The first-order valence-corrected chi connectivity index (χ1v) is 9.29. The molecule has 6 nitrogen and oxygen atoms in total. The van der Waals surface area contributed by atoms with Gasteiger partial charge in [0.2, 0.25) is 0 Å². The number of rotatable bonds is 7. The van der Waals surface area contributed by atoms with Crippen LogP contribution in [-0.4, -0.2) is 28.3 Å². The van der Waals surface area contributed by atoms with Crippen LogP contribution >= 0.6 is 0 Å². The molecule has 144 valence electrons. The van der Waals surface area contributed by atoms with Crippen molar-refractivity contribution < 1.29 is 14.3 Å². The van der Waals surface area contributed by atoms with E-state index < -0.39 is 5.97 Å². The SMILES string of the molecule is CCCCOC(=O)c1ccccc1NC(=O)c1cnn(-c2ccccc2)c1C. The predicted octanol–water partition coefficient (Wildman–Crippen LogP) is 4.39. The molecule has 0 aliphatic carbocycles. The van der Waals surface area contributed by atoms with Crippen molar-refractivity contribution >= 4 is 17.6 Å². The second-order valence-corrected chi connectivity index (χ2v) is 6.38. The molecule has 3 rings (SSSR count). The fraction of sp³-hybridized carbons (Fsp3) is 0.227. The first kappa shape index (κ1) is 19.4. The normalized spacial score (nSPS) is 10.5. The Labute approximate surface area is 164 Å². The van der Waals surface area contributed by atoms with E-state index >= 15 is 0 Å². The summed E-state index contributed by atoms with van der Waals surface area (Å²) in [6.07, 6.45) is 3.27. The van der Waals surface area contributed by atoms with Gasteiger partial charge in [-0.05, 0) is 37.6 Å². The highest BCUT2D eigenvalue weighted by atomic mass is 16.5. The fourth-order valence-corrected chi connectivity index (χ4v) is 2.81. The van der Waals surface area contributed by atoms with E-state index in [-0.39, 0.29) is 5.91 Å². The van der Waals surface area contributed by atoms with Gasteiger partial charge in [-0.25, -0.2) is 9.48 Å². The average Bonchev–Trinajstić information content (AvgIpc) is 3.10. The van der Waals surface area contributed by atoms with Crippen molar-refractivity contribution in [1.82, 2.24) is 9.78 Å². The van der Waals surface area contributed by atoms with E-state index in [1.54, 1.807) is 28.9 Å². The van der Waals surface area contributed by atoms with Crippen molar-refractivity contribution in [3.63, 3.8) is 0 Å². The topological polar surface area (TPSA) is 73.2 Å². The summed E-state index contributed by atoms with van der Waals surface area (Å²) in [5.41, 5.74) is 2.78. The molecule has 1 amide bonds. The van der Waals surface area contributed by atoms with Crippen molar-refractivity contribution in [2.45, 2.75) is 26.7 Å². The van der Waals surface area contributed by atoms with E-state index in [1.807, 2.05) is 44.2 Å². The number of benzene rings is 2. The van der Waals surface area contributed by atoms with Crippen molar-refractivity contribution in [3.8, 4) is 5.69 Å². The second kappa shape index (κ2) is 8.99.